The van der Waals surface area contributed by atoms with Crippen molar-refractivity contribution < 1.29 is 9.47 Å². The number of piperazine rings is 1. The molecule has 0 aliphatic carbocycles. The molecule has 0 saturated carbocycles. The minimum Gasteiger partial charge on any atom is -0.491 e. The zero-order valence-corrected chi connectivity index (χ0v) is 12.0. The van der Waals surface area contributed by atoms with Crippen molar-refractivity contribution in [2.75, 3.05) is 44.3 Å². The molecule has 3 rings (SSSR count). The molecule has 4 heteroatoms. The van der Waals surface area contributed by atoms with E-state index in [1.165, 1.54) is 18.5 Å². The first kappa shape index (κ1) is 13.7. The number of hydrogen-bond donors (Lipinski definition) is 1. The summed E-state index contributed by atoms with van der Waals surface area (Å²) in [4.78, 5) is 2.40. The Labute approximate surface area is 121 Å². The van der Waals surface area contributed by atoms with Gasteiger partial charge in [0.25, 0.3) is 0 Å². The first-order chi connectivity index (χ1) is 9.92. The van der Waals surface area contributed by atoms with E-state index >= 15 is 0 Å². The van der Waals surface area contributed by atoms with Gasteiger partial charge in [0, 0.05) is 44.5 Å². The van der Waals surface area contributed by atoms with E-state index in [0.717, 1.165) is 45.0 Å². The van der Waals surface area contributed by atoms with Crippen molar-refractivity contribution >= 4 is 5.69 Å². The Morgan fingerprint density at radius 2 is 2.15 bits per heavy atom. The molecular formula is C16H24N2O2. The number of anilines is 1. The summed E-state index contributed by atoms with van der Waals surface area (Å²) in [5.74, 6) is 0.954. The highest BCUT2D eigenvalue weighted by atomic mass is 16.5. The second-order valence-corrected chi connectivity index (χ2v) is 5.53. The summed E-state index contributed by atoms with van der Waals surface area (Å²) in [6.07, 6.45) is 3.84. The minimum atomic E-state index is 0.270. The van der Waals surface area contributed by atoms with E-state index in [9.17, 15) is 0 Å². The minimum absolute atomic E-state index is 0.270. The number of rotatable bonds is 4. The number of ether oxygens (including phenoxy) is 2. The Bertz CT molecular complexity index is 413. The predicted molar refractivity (Wildman–Crippen MR) is 80.6 cm³/mol. The highest BCUT2D eigenvalue weighted by Crippen LogP contribution is 2.22. The van der Waals surface area contributed by atoms with E-state index in [0.29, 0.717) is 6.61 Å². The first-order valence-electron chi connectivity index (χ1n) is 7.72. The van der Waals surface area contributed by atoms with Crippen LogP contribution in [0.25, 0.3) is 0 Å². The van der Waals surface area contributed by atoms with Crippen molar-refractivity contribution in [3.63, 3.8) is 0 Å². The maximum Gasteiger partial charge on any atom is 0.121 e. The third-order valence-electron chi connectivity index (χ3n) is 4.01. The maximum absolute atomic E-state index is 5.91. The molecule has 0 radical (unpaired) electrons. The van der Waals surface area contributed by atoms with Crippen LogP contribution >= 0.6 is 0 Å². The molecule has 1 aromatic carbocycles. The molecule has 4 nitrogen and oxygen atoms in total. The average Bonchev–Trinajstić information content (AvgIpc) is 2.55. The average molecular weight is 276 g/mol. The van der Waals surface area contributed by atoms with Gasteiger partial charge in [-0.25, -0.2) is 0 Å². The van der Waals surface area contributed by atoms with Gasteiger partial charge in [0.2, 0.25) is 0 Å². The fraction of sp³-hybridized carbons (Fsp3) is 0.625. The zero-order chi connectivity index (χ0) is 13.6. The molecule has 1 aromatic rings. The van der Waals surface area contributed by atoms with Crippen LogP contribution in [0.15, 0.2) is 24.3 Å². The fourth-order valence-electron chi connectivity index (χ4n) is 2.82. The van der Waals surface area contributed by atoms with Crippen LogP contribution in [-0.4, -0.2) is 45.5 Å². The van der Waals surface area contributed by atoms with Crippen LogP contribution in [0.3, 0.4) is 0 Å². The smallest absolute Gasteiger partial charge is 0.121 e. The molecule has 2 aliphatic heterocycles. The van der Waals surface area contributed by atoms with Gasteiger partial charge in [0.05, 0.1) is 6.10 Å². The molecule has 2 saturated heterocycles. The van der Waals surface area contributed by atoms with Crippen molar-refractivity contribution in [3.8, 4) is 5.75 Å². The monoisotopic (exact) mass is 276 g/mol. The van der Waals surface area contributed by atoms with Crippen LogP contribution in [0, 0.1) is 0 Å². The third-order valence-corrected chi connectivity index (χ3v) is 4.01. The molecule has 20 heavy (non-hydrogen) atoms. The molecule has 0 bridgehead atoms. The lowest BCUT2D eigenvalue weighted by Gasteiger charge is -2.29. The van der Waals surface area contributed by atoms with Gasteiger partial charge in [-0.1, -0.05) is 6.07 Å². The Morgan fingerprint density at radius 1 is 1.25 bits per heavy atom. The second-order valence-electron chi connectivity index (χ2n) is 5.53. The molecule has 0 aromatic heterocycles. The summed E-state index contributed by atoms with van der Waals surface area (Å²) >= 11 is 0. The molecular weight excluding hydrogens is 252 g/mol. The lowest BCUT2D eigenvalue weighted by atomic mass is 10.1. The summed E-state index contributed by atoms with van der Waals surface area (Å²) in [6.45, 7) is 5.80. The standard InChI is InChI=1S/C16H24N2O2/c1-2-11-19-16(5-1)13-20-15-6-3-4-14(12-15)18-9-7-17-8-10-18/h3-4,6,12,16-17H,1-2,5,7-11,13H2. The summed E-state index contributed by atoms with van der Waals surface area (Å²) in [7, 11) is 0. The zero-order valence-electron chi connectivity index (χ0n) is 12.0. The van der Waals surface area contributed by atoms with Gasteiger partial charge in [-0.3, -0.25) is 0 Å². The number of hydrogen-bond acceptors (Lipinski definition) is 4. The Balaban J connectivity index is 1.56. The lowest BCUT2D eigenvalue weighted by molar-refractivity contribution is -0.0110. The van der Waals surface area contributed by atoms with Gasteiger partial charge < -0.3 is 19.7 Å². The van der Waals surface area contributed by atoms with Crippen LogP contribution in [0.5, 0.6) is 5.75 Å². The predicted octanol–water partition coefficient (Wildman–Crippen LogP) is 2.04. The van der Waals surface area contributed by atoms with Crippen LogP contribution in [0.1, 0.15) is 19.3 Å². The normalized spacial score (nSPS) is 23.6. The highest BCUT2D eigenvalue weighted by molar-refractivity contribution is 5.51. The van der Waals surface area contributed by atoms with Crippen LogP contribution in [0.4, 0.5) is 5.69 Å². The van der Waals surface area contributed by atoms with Gasteiger partial charge in [0.1, 0.15) is 12.4 Å². The molecule has 2 aliphatic rings. The van der Waals surface area contributed by atoms with Gasteiger partial charge in [-0.05, 0) is 31.4 Å². The van der Waals surface area contributed by atoms with Gasteiger partial charge in [-0.2, -0.15) is 0 Å². The Morgan fingerprint density at radius 3 is 2.95 bits per heavy atom. The molecule has 1 unspecified atom stereocenters. The van der Waals surface area contributed by atoms with Crippen LogP contribution < -0.4 is 15.0 Å². The van der Waals surface area contributed by atoms with Gasteiger partial charge in [-0.15, -0.1) is 0 Å². The lowest BCUT2D eigenvalue weighted by Crippen LogP contribution is -2.43. The van der Waals surface area contributed by atoms with E-state index in [4.69, 9.17) is 9.47 Å². The third kappa shape index (κ3) is 3.64. The van der Waals surface area contributed by atoms with Crippen molar-refractivity contribution in [1.29, 1.82) is 0 Å². The van der Waals surface area contributed by atoms with Crippen molar-refractivity contribution in [2.45, 2.75) is 25.4 Å². The summed E-state index contributed by atoms with van der Waals surface area (Å²) in [5.41, 5.74) is 1.26. The number of nitrogens with zero attached hydrogens (tertiary/aromatic N) is 1. The molecule has 1 N–H and O–H groups in total. The number of benzene rings is 1. The van der Waals surface area contributed by atoms with E-state index in [-0.39, 0.29) is 6.10 Å². The van der Waals surface area contributed by atoms with Gasteiger partial charge in [0.15, 0.2) is 0 Å². The highest BCUT2D eigenvalue weighted by Gasteiger charge is 2.15. The Hall–Kier alpha value is -1.26. The van der Waals surface area contributed by atoms with E-state index < -0.39 is 0 Å². The van der Waals surface area contributed by atoms with E-state index in [2.05, 4.69) is 28.4 Å². The molecule has 2 fully saturated rings. The summed E-state index contributed by atoms with van der Waals surface area (Å²) < 4.78 is 11.6. The van der Waals surface area contributed by atoms with Crippen molar-refractivity contribution in [1.82, 2.24) is 5.32 Å². The molecule has 0 spiro atoms. The quantitative estimate of drug-likeness (QED) is 0.912. The SMILES string of the molecule is c1cc(OCC2CCCCO2)cc(N2CCNCC2)c1. The summed E-state index contributed by atoms with van der Waals surface area (Å²) in [5, 5.41) is 3.38. The fourth-order valence-corrected chi connectivity index (χ4v) is 2.82. The summed E-state index contributed by atoms with van der Waals surface area (Å²) in [6, 6.07) is 8.42. The Kier molecular flexibility index (Phi) is 4.77. The molecule has 0 amide bonds. The largest absolute Gasteiger partial charge is 0.491 e. The maximum atomic E-state index is 5.91. The van der Waals surface area contributed by atoms with E-state index in [1.54, 1.807) is 0 Å². The van der Waals surface area contributed by atoms with Gasteiger partial charge >= 0.3 is 0 Å². The topological polar surface area (TPSA) is 33.7 Å². The van der Waals surface area contributed by atoms with E-state index in [1.807, 2.05) is 6.07 Å². The first-order valence-corrected chi connectivity index (χ1v) is 7.72. The molecule has 1 atom stereocenters. The van der Waals surface area contributed by atoms with Crippen molar-refractivity contribution in [2.24, 2.45) is 0 Å². The van der Waals surface area contributed by atoms with Crippen LogP contribution in [-0.2, 0) is 4.74 Å². The second kappa shape index (κ2) is 6.95. The van der Waals surface area contributed by atoms with Crippen LogP contribution in [0.2, 0.25) is 0 Å². The van der Waals surface area contributed by atoms with Crippen molar-refractivity contribution in [3.05, 3.63) is 24.3 Å². The molecule has 2 heterocycles. The molecule has 110 valence electrons. The number of nitrogens with one attached hydrogen (secondary N) is 1.